The maximum absolute atomic E-state index is 13.9. The Morgan fingerprint density at radius 2 is 1.73 bits per heavy atom. The number of halogens is 2. The van der Waals surface area contributed by atoms with E-state index >= 15 is 0 Å². The van der Waals surface area contributed by atoms with E-state index in [1.165, 1.54) is 31.7 Å². The number of carboxylic acids is 1. The highest BCUT2D eigenvalue weighted by Gasteiger charge is 2.30. The van der Waals surface area contributed by atoms with Gasteiger partial charge in [-0.25, -0.2) is 9.18 Å². The molecule has 0 atom stereocenters. The van der Waals surface area contributed by atoms with Crippen molar-refractivity contribution in [3.05, 3.63) is 39.7 Å². The molecule has 0 spiro atoms. The number of carbonyl (C=O) groups is 3. The largest absolute Gasteiger partial charge is 0.580 e. The van der Waals surface area contributed by atoms with Crippen LogP contribution in [0.3, 0.4) is 0 Å². The minimum Gasteiger partial charge on any atom is -0.502 e. The van der Waals surface area contributed by atoms with E-state index < -0.39 is 40.5 Å². The fourth-order valence-electron chi connectivity index (χ4n) is 2.60. The van der Waals surface area contributed by atoms with Crippen LogP contribution in [0.25, 0.3) is 10.9 Å². The molecule has 1 heterocycles. The number of pyridine rings is 1. The van der Waals surface area contributed by atoms with Crippen LogP contribution in [-0.2, 0) is 18.9 Å². The third kappa shape index (κ3) is 5.13. The summed E-state index contributed by atoms with van der Waals surface area (Å²) in [5, 5.41) is 8.89. The molecule has 160 valence electrons. The summed E-state index contributed by atoms with van der Waals surface area (Å²) in [5.41, 5.74) is -1.23. The van der Waals surface area contributed by atoms with Crippen molar-refractivity contribution in [1.29, 1.82) is 0 Å². The number of nitrogens with zero attached hydrogens (tertiary/aromatic N) is 1. The number of ether oxygens (including phenoxy) is 1. The zero-order chi connectivity index (χ0) is 22.6. The van der Waals surface area contributed by atoms with Gasteiger partial charge in [-0.05, 0) is 18.9 Å². The molecule has 1 aliphatic rings. The van der Waals surface area contributed by atoms with Gasteiger partial charge in [-0.2, -0.15) is 4.39 Å². The Bertz CT molecular complexity index is 1050. The summed E-state index contributed by atoms with van der Waals surface area (Å²) < 4.78 is 42.4. The van der Waals surface area contributed by atoms with Crippen molar-refractivity contribution in [2.24, 2.45) is 0 Å². The maximum Gasteiger partial charge on any atom is 0.580 e. The van der Waals surface area contributed by atoms with Crippen LogP contribution in [0.1, 0.15) is 43.1 Å². The van der Waals surface area contributed by atoms with Crippen molar-refractivity contribution in [1.82, 2.24) is 4.57 Å². The van der Waals surface area contributed by atoms with Crippen molar-refractivity contribution >= 4 is 36.5 Å². The number of aromatic nitrogens is 1. The molecule has 0 amide bonds. The number of benzene rings is 1. The number of methoxy groups -OCH3 is 1. The normalized spacial score (nSPS) is 12.4. The summed E-state index contributed by atoms with van der Waals surface area (Å²) in [6.07, 6.45) is 2.73. The van der Waals surface area contributed by atoms with Gasteiger partial charge in [-0.3, -0.25) is 14.4 Å². The van der Waals surface area contributed by atoms with Crippen LogP contribution in [0, 0.1) is 11.6 Å². The van der Waals surface area contributed by atoms with Crippen molar-refractivity contribution in [2.75, 3.05) is 7.11 Å². The molecule has 0 bridgehead atoms. The monoisotopic (exact) mass is 425 g/mol. The molecule has 1 fully saturated rings. The lowest BCUT2D eigenvalue weighted by molar-refractivity contribution is -0.136. The fourth-order valence-corrected chi connectivity index (χ4v) is 2.60. The summed E-state index contributed by atoms with van der Waals surface area (Å²) in [6, 6.07) is 0.686. The Morgan fingerprint density at radius 1 is 1.17 bits per heavy atom. The predicted molar refractivity (Wildman–Crippen MR) is 101 cm³/mol. The molecule has 2 aromatic rings. The van der Waals surface area contributed by atoms with E-state index in [0.29, 0.717) is 0 Å². The molecule has 1 aliphatic carbocycles. The topological polar surface area (TPSA) is 121 Å². The van der Waals surface area contributed by atoms with Gasteiger partial charge in [-0.15, -0.1) is 0 Å². The Labute approximate surface area is 169 Å². The third-order valence-electron chi connectivity index (χ3n) is 4.07. The highest BCUT2D eigenvalue weighted by Crippen LogP contribution is 2.40. The van der Waals surface area contributed by atoms with Crippen molar-refractivity contribution in [3.8, 4) is 5.75 Å². The molecule has 1 aromatic heterocycles. The number of hydrogen-bond acceptors (Lipinski definition) is 7. The molecule has 12 heteroatoms. The van der Waals surface area contributed by atoms with Crippen molar-refractivity contribution < 1.29 is 42.3 Å². The quantitative estimate of drug-likeness (QED) is 0.719. The van der Waals surface area contributed by atoms with Gasteiger partial charge in [0.1, 0.15) is 5.56 Å². The second-order valence-corrected chi connectivity index (χ2v) is 6.31. The minimum absolute atomic E-state index is 0.0371. The van der Waals surface area contributed by atoms with Crippen LogP contribution in [0.2, 0.25) is 0 Å². The molecular formula is C18H18BF2NO8. The molecule has 0 saturated heterocycles. The van der Waals surface area contributed by atoms with E-state index in [4.69, 9.17) is 9.84 Å². The van der Waals surface area contributed by atoms with Crippen LogP contribution >= 0.6 is 0 Å². The molecule has 1 saturated carbocycles. The third-order valence-corrected chi connectivity index (χ3v) is 4.07. The lowest BCUT2D eigenvalue weighted by Gasteiger charge is -2.15. The number of aromatic carboxylic acids is 1. The second-order valence-electron chi connectivity index (χ2n) is 6.31. The fraction of sp³-hybridized carbons (Fsp3) is 0.333. The Morgan fingerprint density at radius 3 is 2.17 bits per heavy atom. The average molecular weight is 425 g/mol. The Hall–Kier alpha value is -3.44. The zero-order valence-corrected chi connectivity index (χ0v) is 16.4. The Balaban J connectivity index is 0.000000303. The molecule has 0 unspecified atom stereocenters. The smallest absolute Gasteiger partial charge is 0.502 e. The molecule has 1 N–H and O–H groups in total. The summed E-state index contributed by atoms with van der Waals surface area (Å²) >= 11 is 0. The first-order chi connectivity index (χ1) is 14.1. The number of carbonyl (C=O) groups excluding carboxylic acids is 2. The molecule has 30 heavy (non-hydrogen) atoms. The van der Waals surface area contributed by atoms with Gasteiger partial charge in [0.05, 0.1) is 18.0 Å². The number of hydrogen-bond donors (Lipinski definition) is 1. The minimum atomic E-state index is -1.40. The summed E-state index contributed by atoms with van der Waals surface area (Å²) in [5.74, 6) is -5.15. The lowest BCUT2D eigenvalue weighted by atomic mass is 10.1. The van der Waals surface area contributed by atoms with Gasteiger partial charge >= 0.3 is 13.7 Å². The average Bonchev–Trinajstić information content (AvgIpc) is 3.48. The first-order valence-electron chi connectivity index (χ1n) is 8.69. The van der Waals surface area contributed by atoms with Gasteiger partial charge in [0, 0.05) is 26.1 Å². The number of rotatable bonds is 5. The van der Waals surface area contributed by atoms with Crippen molar-refractivity contribution in [2.45, 2.75) is 32.7 Å². The first kappa shape index (κ1) is 22.8. The van der Waals surface area contributed by atoms with Gasteiger partial charge < -0.3 is 23.7 Å². The van der Waals surface area contributed by atoms with Crippen LogP contribution in [0.15, 0.2) is 17.1 Å². The molecular weight excluding hydrogens is 407 g/mol. The number of fused-ring (bicyclic) bond motifs is 1. The molecule has 9 nitrogen and oxygen atoms in total. The van der Waals surface area contributed by atoms with E-state index in [-0.39, 0.29) is 30.4 Å². The summed E-state index contributed by atoms with van der Waals surface area (Å²) in [7, 11) is 0.884. The summed E-state index contributed by atoms with van der Waals surface area (Å²) in [6.45, 7) is 2.48. The van der Waals surface area contributed by atoms with Crippen LogP contribution in [-0.4, -0.2) is 42.4 Å². The molecule has 3 rings (SSSR count). The van der Waals surface area contributed by atoms with E-state index in [1.54, 1.807) is 0 Å². The second kappa shape index (κ2) is 9.38. The van der Waals surface area contributed by atoms with E-state index in [1.807, 2.05) is 0 Å². The van der Waals surface area contributed by atoms with Gasteiger partial charge in [0.15, 0.2) is 11.6 Å². The van der Waals surface area contributed by atoms with E-state index in [2.05, 4.69) is 9.31 Å². The standard InChI is InChI=1S/C14H11F2NO4.C4H7BO4/c1-21-13-10(16)9(15)4-7-11(13)17(6-2-3-6)5-8(12(7)18)14(19)20;1-3(6)8-5-9-4(2)7/h4-6H,2-3H2,1H3,(H,19,20);5H,1-2H3. The SMILES string of the molecule is CC(=O)OBOC(C)=O.COc1c(F)c(F)cc2c(=O)c(C(=O)O)cn(C3CC3)c12. The highest BCUT2D eigenvalue weighted by molar-refractivity contribution is 6.25. The van der Waals surface area contributed by atoms with E-state index in [9.17, 15) is 28.0 Å². The number of carboxylic acid groups (broad SMARTS) is 1. The molecule has 0 aliphatic heterocycles. The molecule has 1 aromatic carbocycles. The van der Waals surface area contributed by atoms with Gasteiger partial charge in [0.25, 0.3) is 11.9 Å². The van der Waals surface area contributed by atoms with Gasteiger partial charge in [0.2, 0.25) is 11.2 Å². The summed E-state index contributed by atoms with van der Waals surface area (Å²) in [4.78, 5) is 43.3. The predicted octanol–water partition coefficient (Wildman–Crippen LogP) is 1.70. The first-order valence-corrected chi connectivity index (χ1v) is 8.69. The van der Waals surface area contributed by atoms with Gasteiger partial charge in [-0.1, -0.05) is 0 Å². The lowest BCUT2D eigenvalue weighted by Crippen LogP contribution is -2.19. The zero-order valence-electron chi connectivity index (χ0n) is 16.4. The molecule has 0 radical (unpaired) electrons. The van der Waals surface area contributed by atoms with Crippen LogP contribution in [0.5, 0.6) is 5.75 Å². The Kier molecular flexibility index (Phi) is 7.14. The van der Waals surface area contributed by atoms with Crippen molar-refractivity contribution in [3.63, 3.8) is 0 Å². The van der Waals surface area contributed by atoms with Crippen LogP contribution in [0.4, 0.5) is 8.78 Å². The maximum atomic E-state index is 13.9. The van der Waals surface area contributed by atoms with Crippen LogP contribution < -0.4 is 10.2 Å². The van der Waals surface area contributed by atoms with E-state index in [0.717, 1.165) is 18.9 Å². The highest BCUT2D eigenvalue weighted by atomic mass is 19.2.